The number of nitrogens with two attached hydrogens (primary N) is 1. The number of hydrogen-bond acceptors (Lipinski definition) is 6. The summed E-state index contributed by atoms with van der Waals surface area (Å²) in [5.74, 6) is 0.118. The molecule has 16 heavy (non-hydrogen) atoms. The summed E-state index contributed by atoms with van der Waals surface area (Å²) >= 11 is 0. The summed E-state index contributed by atoms with van der Waals surface area (Å²) in [4.78, 5) is 15.0. The maximum absolute atomic E-state index is 11.5. The highest BCUT2D eigenvalue weighted by atomic mass is 16.5. The summed E-state index contributed by atoms with van der Waals surface area (Å²) in [6.07, 6.45) is -0.390. The second-order valence-corrected chi connectivity index (χ2v) is 3.68. The van der Waals surface area contributed by atoms with Gasteiger partial charge in [0.1, 0.15) is 11.9 Å². The quantitative estimate of drug-likeness (QED) is 0.565. The van der Waals surface area contributed by atoms with Crippen LogP contribution >= 0.6 is 0 Å². The van der Waals surface area contributed by atoms with Gasteiger partial charge in [-0.1, -0.05) is 0 Å². The molecule has 1 aromatic rings. The van der Waals surface area contributed by atoms with Crippen LogP contribution in [0.3, 0.4) is 0 Å². The largest absolute Gasteiger partial charge is 0.394 e. The molecule has 0 aromatic carbocycles. The molecule has 7 heteroatoms. The van der Waals surface area contributed by atoms with E-state index < -0.39 is 24.1 Å². The number of aliphatic hydroxyl groups excluding tert-OH is 2. The van der Waals surface area contributed by atoms with Crippen LogP contribution in [0.1, 0.15) is 12.6 Å². The van der Waals surface area contributed by atoms with Crippen molar-refractivity contribution in [1.82, 2.24) is 9.55 Å². The number of rotatable bonds is 2. The van der Waals surface area contributed by atoms with Gasteiger partial charge in [-0.3, -0.25) is 4.57 Å². The van der Waals surface area contributed by atoms with E-state index in [9.17, 15) is 9.90 Å². The van der Waals surface area contributed by atoms with Crippen LogP contribution in [0.25, 0.3) is 0 Å². The van der Waals surface area contributed by atoms with Crippen LogP contribution in [-0.4, -0.2) is 38.6 Å². The third-order valence-electron chi connectivity index (χ3n) is 2.49. The van der Waals surface area contributed by atoms with Crippen LogP contribution in [0.5, 0.6) is 0 Å². The average Bonchev–Trinajstić information content (AvgIpc) is 2.60. The van der Waals surface area contributed by atoms with E-state index in [1.165, 1.54) is 12.3 Å². The van der Waals surface area contributed by atoms with E-state index in [0.717, 1.165) is 4.57 Å². The van der Waals surface area contributed by atoms with E-state index in [2.05, 4.69) is 4.98 Å². The van der Waals surface area contributed by atoms with E-state index >= 15 is 0 Å². The summed E-state index contributed by atoms with van der Waals surface area (Å²) in [6, 6.07) is 1.45. The van der Waals surface area contributed by atoms with Gasteiger partial charge in [0.05, 0.1) is 12.7 Å². The van der Waals surface area contributed by atoms with Crippen molar-refractivity contribution < 1.29 is 14.9 Å². The van der Waals surface area contributed by atoms with Crippen LogP contribution in [-0.2, 0) is 4.74 Å². The number of hydrogen-bond donors (Lipinski definition) is 3. The molecule has 1 aromatic heterocycles. The lowest BCUT2D eigenvalue weighted by Crippen LogP contribution is -2.31. The second kappa shape index (κ2) is 4.20. The lowest BCUT2D eigenvalue weighted by atomic mass is 10.2. The Morgan fingerprint density at radius 1 is 1.69 bits per heavy atom. The first kappa shape index (κ1) is 11.1. The molecule has 1 fully saturated rings. The maximum atomic E-state index is 11.5. The Kier molecular flexibility index (Phi) is 2.90. The van der Waals surface area contributed by atoms with Crippen molar-refractivity contribution in [2.75, 3.05) is 12.3 Å². The Balaban J connectivity index is 2.28. The molecule has 0 saturated carbocycles. The molecule has 0 bridgehead atoms. The van der Waals surface area contributed by atoms with Gasteiger partial charge in [0, 0.05) is 12.6 Å². The third-order valence-corrected chi connectivity index (χ3v) is 2.49. The van der Waals surface area contributed by atoms with Crippen molar-refractivity contribution in [1.29, 1.82) is 0 Å². The van der Waals surface area contributed by atoms with Crippen molar-refractivity contribution in [2.24, 2.45) is 0 Å². The standard InChI is InChI=1S/C9H13N3O4/c10-7-1-2-12(9(15)11-7)8-6(14)3-5(4-13)16-8/h1-2,5-6,8,13-14H,3-4H2,(H2,10,11,15)/t5-,6-,8?/m0/s1. The molecule has 2 rings (SSSR count). The fourth-order valence-corrected chi connectivity index (χ4v) is 1.72. The van der Waals surface area contributed by atoms with Crippen LogP contribution in [0.2, 0.25) is 0 Å². The van der Waals surface area contributed by atoms with Gasteiger partial charge < -0.3 is 20.7 Å². The average molecular weight is 227 g/mol. The summed E-state index contributed by atoms with van der Waals surface area (Å²) in [6.45, 7) is -0.190. The zero-order valence-corrected chi connectivity index (χ0v) is 8.48. The normalized spacial score (nSPS) is 29.5. The van der Waals surface area contributed by atoms with E-state index in [4.69, 9.17) is 15.6 Å². The first-order valence-corrected chi connectivity index (χ1v) is 4.91. The number of anilines is 1. The number of nitrogens with zero attached hydrogens (tertiary/aromatic N) is 2. The van der Waals surface area contributed by atoms with Crippen LogP contribution in [0, 0.1) is 0 Å². The molecule has 1 saturated heterocycles. The number of nitrogen functional groups attached to an aromatic ring is 1. The maximum Gasteiger partial charge on any atom is 0.351 e. The Hall–Kier alpha value is -1.44. The fourth-order valence-electron chi connectivity index (χ4n) is 1.72. The molecule has 0 spiro atoms. The van der Waals surface area contributed by atoms with Crippen molar-refractivity contribution in [3.05, 3.63) is 22.7 Å². The number of aliphatic hydroxyl groups is 2. The highest BCUT2D eigenvalue weighted by molar-refractivity contribution is 5.23. The van der Waals surface area contributed by atoms with E-state index in [1.54, 1.807) is 0 Å². The molecule has 1 unspecified atom stereocenters. The lowest BCUT2D eigenvalue weighted by molar-refractivity contribution is -0.0529. The highest BCUT2D eigenvalue weighted by Crippen LogP contribution is 2.27. The molecule has 88 valence electrons. The van der Waals surface area contributed by atoms with Gasteiger partial charge in [-0.2, -0.15) is 4.98 Å². The minimum Gasteiger partial charge on any atom is -0.394 e. The van der Waals surface area contributed by atoms with Crippen molar-refractivity contribution in [3.8, 4) is 0 Å². The molecule has 1 aliphatic heterocycles. The van der Waals surface area contributed by atoms with Gasteiger partial charge in [-0.15, -0.1) is 0 Å². The van der Waals surface area contributed by atoms with Crippen molar-refractivity contribution >= 4 is 5.82 Å². The molecule has 0 radical (unpaired) electrons. The van der Waals surface area contributed by atoms with Gasteiger partial charge in [0.25, 0.3) is 0 Å². The monoisotopic (exact) mass is 227 g/mol. The smallest absolute Gasteiger partial charge is 0.351 e. The predicted molar refractivity (Wildman–Crippen MR) is 54.5 cm³/mol. The first-order chi connectivity index (χ1) is 7.61. The summed E-state index contributed by atoms with van der Waals surface area (Å²) < 4.78 is 6.48. The highest BCUT2D eigenvalue weighted by Gasteiger charge is 2.35. The molecule has 2 heterocycles. The minimum absolute atomic E-state index is 0.118. The molecule has 0 amide bonds. The van der Waals surface area contributed by atoms with E-state index in [0.29, 0.717) is 0 Å². The van der Waals surface area contributed by atoms with Crippen molar-refractivity contribution in [3.63, 3.8) is 0 Å². The predicted octanol–water partition coefficient (Wildman–Crippen LogP) is -1.53. The Morgan fingerprint density at radius 2 is 2.44 bits per heavy atom. The number of aromatic nitrogens is 2. The summed E-state index contributed by atoms with van der Waals surface area (Å²) in [7, 11) is 0. The van der Waals surface area contributed by atoms with E-state index in [1.807, 2.05) is 0 Å². The number of ether oxygens (including phenoxy) is 1. The van der Waals surface area contributed by atoms with Gasteiger partial charge in [0.2, 0.25) is 0 Å². The lowest BCUT2D eigenvalue weighted by Gasteiger charge is -2.16. The molecule has 7 nitrogen and oxygen atoms in total. The van der Waals surface area contributed by atoms with Gasteiger partial charge in [-0.25, -0.2) is 4.79 Å². The van der Waals surface area contributed by atoms with Crippen LogP contribution in [0.4, 0.5) is 5.82 Å². The topological polar surface area (TPSA) is 111 Å². The SMILES string of the molecule is Nc1ccn(C2O[C@H](CO)C[C@@H]2O)c(=O)n1. The Bertz CT molecular complexity index is 433. The molecule has 3 atom stereocenters. The van der Waals surface area contributed by atoms with Crippen molar-refractivity contribution in [2.45, 2.75) is 24.9 Å². The summed E-state index contributed by atoms with van der Waals surface area (Å²) in [5.41, 5.74) is 4.77. The third kappa shape index (κ3) is 1.92. The summed E-state index contributed by atoms with van der Waals surface area (Å²) in [5, 5.41) is 18.6. The second-order valence-electron chi connectivity index (χ2n) is 3.68. The molecule has 4 N–H and O–H groups in total. The fraction of sp³-hybridized carbons (Fsp3) is 0.556. The minimum atomic E-state index is -0.833. The zero-order chi connectivity index (χ0) is 11.7. The molecule has 1 aliphatic rings. The van der Waals surface area contributed by atoms with Gasteiger partial charge >= 0.3 is 5.69 Å². The molecule has 0 aliphatic carbocycles. The van der Waals surface area contributed by atoms with Crippen LogP contribution < -0.4 is 11.4 Å². The zero-order valence-electron chi connectivity index (χ0n) is 8.48. The van der Waals surface area contributed by atoms with E-state index in [-0.39, 0.29) is 18.8 Å². The molecular formula is C9H13N3O4. The van der Waals surface area contributed by atoms with Crippen LogP contribution in [0.15, 0.2) is 17.1 Å². The Labute approximate surface area is 91.1 Å². The Morgan fingerprint density at radius 3 is 3.00 bits per heavy atom. The van der Waals surface area contributed by atoms with Gasteiger partial charge in [-0.05, 0) is 6.07 Å². The first-order valence-electron chi connectivity index (χ1n) is 4.91. The van der Waals surface area contributed by atoms with Gasteiger partial charge in [0.15, 0.2) is 6.23 Å². The molecular weight excluding hydrogens is 214 g/mol.